The molecular weight excluding hydrogens is 232 g/mol. The van der Waals surface area contributed by atoms with Gasteiger partial charge in [0, 0.05) is 14.1 Å². The lowest BCUT2D eigenvalue weighted by Crippen LogP contribution is -2.30. The normalized spacial score (nSPS) is 16.4. The van der Waals surface area contributed by atoms with Crippen molar-refractivity contribution in [2.24, 2.45) is 0 Å². The van der Waals surface area contributed by atoms with Gasteiger partial charge in [-0.1, -0.05) is 38.1 Å². The summed E-state index contributed by atoms with van der Waals surface area (Å²) in [5, 5.41) is 0. The van der Waals surface area contributed by atoms with Crippen molar-refractivity contribution in [1.82, 2.24) is 0 Å². The molecule has 19 heavy (non-hydrogen) atoms. The van der Waals surface area contributed by atoms with Gasteiger partial charge >= 0.3 is 0 Å². The molecule has 0 fully saturated rings. The summed E-state index contributed by atoms with van der Waals surface area (Å²) >= 11 is 0. The van der Waals surface area contributed by atoms with Crippen LogP contribution in [-0.2, 0) is 0 Å². The van der Waals surface area contributed by atoms with Crippen molar-refractivity contribution in [2.45, 2.75) is 20.3 Å². The van der Waals surface area contributed by atoms with Crippen LogP contribution in [0.15, 0.2) is 60.0 Å². The quantitative estimate of drug-likeness (QED) is 0.680. The predicted octanol–water partition coefficient (Wildman–Crippen LogP) is 4.33. The Bertz CT molecular complexity index is 491. The Morgan fingerprint density at radius 3 is 1.63 bits per heavy atom. The summed E-state index contributed by atoms with van der Waals surface area (Å²) in [7, 11) is 4.26. The van der Waals surface area contributed by atoms with E-state index in [-0.39, 0.29) is 0 Å². The lowest BCUT2D eigenvalue weighted by Gasteiger charge is -2.36. The van der Waals surface area contributed by atoms with Crippen molar-refractivity contribution >= 4 is 11.4 Å². The first-order valence-electron chi connectivity index (χ1n) is 6.93. The maximum Gasteiger partial charge on any atom is 0.0649 e. The van der Waals surface area contributed by atoms with E-state index in [1.807, 2.05) is 13.8 Å². The van der Waals surface area contributed by atoms with E-state index in [2.05, 4.69) is 72.5 Å². The molecule has 0 spiro atoms. The van der Waals surface area contributed by atoms with Crippen molar-refractivity contribution in [3.8, 4) is 0 Å². The molecule has 1 heterocycles. The highest BCUT2D eigenvalue weighted by molar-refractivity contribution is 5.80. The van der Waals surface area contributed by atoms with Gasteiger partial charge in [-0.2, -0.15) is 0 Å². The van der Waals surface area contributed by atoms with Crippen molar-refractivity contribution < 1.29 is 0 Å². The number of para-hydroxylation sites is 2. The number of hydrogen-bond donors (Lipinski definition) is 0. The van der Waals surface area contributed by atoms with E-state index >= 15 is 0 Å². The first-order valence-corrected chi connectivity index (χ1v) is 6.93. The fourth-order valence-electron chi connectivity index (χ4n) is 2.47. The molecule has 1 aromatic rings. The average molecular weight is 254 g/mol. The third-order valence-corrected chi connectivity index (χ3v) is 3.41. The van der Waals surface area contributed by atoms with Crippen LogP contribution in [0.4, 0.5) is 11.4 Å². The molecule has 2 nitrogen and oxygen atoms in total. The minimum Gasteiger partial charge on any atom is -0.341 e. The van der Waals surface area contributed by atoms with E-state index in [0.717, 1.165) is 6.42 Å². The van der Waals surface area contributed by atoms with E-state index in [1.165, 1.54) is 22.8 Å². The Balaban J connectivity index is 0.000000637. The highest BCUT2D eigenvalue weighted by Gasteiger charge is 2.23. The van der Waals surface area contributed by atoms with Crippen LogP contribution in [0.1, 0.15) is 20.3 Å². The number of nitrogens with zero attached hydrogens (tertiary/aromatic N) is 2. The minimum absolute atomic E-state index is 1.00. The molecule has 1 aliphatic heterocycles. The van der Waals surface area contributed by atoms with Gasteiger partial charge in [-0.25, -0.2) is 0 Å². The molecule has 0 N–H and O–H groups in total. The first kappa shape index (κ1) is 13.5. The van der Waals surface area contributed by atoms with E-state index in [4.69, 9.17) is 0 Å². The largest absolute Gasteiger partial charge is 0.341 e. The standard InChI is InChI=1S/C15H16N2.C2H6/c1-16-12-8-4-3-5-9-13(12)17(2)15-11-7-6-10-14(15)16;1-2/h4-11H,3H2,1-2H3;1-2H3. The smallest absolute Gasteiger partial charge is 0.0649 e. The second-order valence-corrected chi connectivity index (χ2v) is 4.42. The van der Waals surface area contributed by atoms with Crippen molar-refractivity contribution in [1.29, 1.82) is 0 Å². The number of likely N-dealkylation sites (N-methyl/N-ethyl adjacent to an activating group) is 2. The SMILES string of the molecule is CC.CN1C2=C(C=CCC=C2)N(C)c2ccccc21. The van der Waals surface area contributed by atoms with Crippen molar-refractivity contribution in [3.63, 3.8) is 0 Å². The Morgan fingerprint density at radius 2 is 1.21 bits per heavy atom. The molecule has 100 valence electrons. The average Bonchev–Trinajstić information content (AvgIpc) is 2.73. The molecular formula is C17H22N2. The number of allylic oxidation sites excluding steroid dienone is 4. The molecule has 0 saturated carbocycles. The summed E-state index contributed by atoms with van der Waals surface area (Å²) in [5.41, 5.74) is 5.04. The van der Waals surface area contributed by atoms with Crippen molar-refractivity contribution in [3.05, 3.63) is 60.0 Å². The molecule has 0 radical (unpaired) electrons. The van der Waals surface area contributed by atoms with Gasteiger partial charge < -0.3 is 9.80 Å². The molecule has 0 atom stereocenters. The lowest BCUT2D eigenvalue weighted by atomic mass is 10.1. The van der Waals surface area contributed by atoms with Crippen LogP contribution in [-0.4, -0.2) is 14.1 Å². The number of benzene rings is 1. The molecule has 0 unspecified atom stereocenters. The van der Waals surface area contributed by atoms with Gasteiger partial charge in [0.1, 0.15) is 0 Å². The van der Waals surface area contributed by atoms with E-state index in [1.54, 1.807) is 0 Å². The maximum absolute atomic E-state index is 2.26. The Labute approximate surface area is 116 Å². The van der Waals surface area contributed by atoms with Crippen LogP contribution in [0, 0.1) is 0 Å². The van der Waals surface area contributed by atoms with Crippen LogP contribution in [0.3, 0.4) is 0 Å². The predicted molar refractivity (Wildman–Crippen MR) is 84.5 cm³/mol. The van der Waals surface area contributed by atoms with E-state index < -0.39 is 0 Å². The highest BCUT2D eigenvalue weighted by Crippen LogP contribution is 2.38. The van der Waals surface area contributed by atoms with E-state index in [9.17, 15) is 0 Å². The summed E-state index contributed by atoms with van der Waals surface area (Å²) < 4.78 is 0. The fourth-order valence-corrected chi connectivity index (χ4v) is 2.47. The summed E-state index contributed by atoms with van der Waals surface area (Å²) in [6, 6.07) is 8.51. The summed E-state index contributed by atoms with van der Waals surface area (Å²) in [6.45, 7) is 4.00. The van der Waals surface area contributed by atoms with Gasteiger partial charge in [0.25, 0.3) is 0 Å². The topological polar surface area (TPSA) is 6.48 Å². The second-order valence-electron chi connectivity index (χ2n) is 4.42. The number of hydrogen-bond acceptors (Lipinski definition) is 2. The Morgan fingerprint density at radius 1 is 0.789 bits per heavy atom. The highest BCUT2D eigenvalue weighted by atomic mass is 15.2. The second kappa shape index (κ2) is 5.79. The maximum atomic E-state index is 2.26. The van der Waals surface area contributed by atoms with Gasteiger partial charge in [0.2, 0.25) is 0 Å². The van der Waals surface area contributed by atoms with Crippen LogP contribution in [0.2, 0.25) is 0 Å². The van der Waals surface area contributed by atoms with Crippen LogP contribution in [0.5, 0.6) is 0 Å². The Kier molecular flexibility index (Phi) is 4.10. The van der Waals surface area contributed by atoms with Gasteiger partial charge in [-0.05, 0) is 30.7 Å². The molecule has 0 aromatic heterocycles. The zero-order valence-electron chi connectivity index (χ0n) is 12.2. The number of anilines is 2. The molecule has 0 amide bonds. The fraction of sp³-hybridized carbons (Fsp3) is 0.294. The van der Waals surface area contributed by atoms with Crippen LogP contribution < -0.4 is 9.80 Å². The zero-order chi connectivity index (χ0) is 13.8. The van der Waals surface area contributed by atoms with Crippen LogP contribution in [0.25, 0.3) is 0 Å². The summed E-state index contributed by atoms with van der Waals surface area (Å²) in [5.74, 6) is 0. The molecule has 3 rings (SSSR count). The summed E-state index contributed by atoms with van der Waals surface area (Å²) in [6.07, 6.45) is 9.84. The van der Waals surface area contributed by atoms with Crippen molar-refractivity contribution in [2.75, 3.05) is 23.9 Å². The minimum atomic E-state index is 1.00. The third kappa shape index (κ3) is 2.30. The Hall–Kier alpha value is -1.96. The first-order chi connectivity index (χ1) is 9.29. The monoisotopic (exact) mass is 254 g/mol. The van der Waals surface area contributed by atoms with E-state index in [0.29, 0.717) is 0 Å². The molecule has 2 heteroatoms. The lowest BCUT2D eigenvalue weighted by molar-refractivity contribution is 0.999. The van der Waals surface area contributed by atoms with Crippen LogP contribution >= 0.6 is 0 Å². The summed E-state index contributed by atoms with van der Waals surface area (Å²) in [4.78, 5) is 4.52. The van der Waals surface area contributed by atoms with Gasteiger partial charge in [0.05, 0.1) is 22.8 Å². The molecule has 1 aromatic carbocycles. The molecule has 1 aliphatic carbocycles. The van der Waals surface area contributed by atoms with Gasteiger partial charge in [-0.15, -0.1) is 0 Å². The number of fused-ring (bicyclic) bond motifs is 1. The van der Waals surface area contributed by atoms with Gasteiger partial charge in [-0.3, -0.25) is 0 Å². The molecule has 2 aliphatic rings. The number of rotatable bonds is 0. The molecule has 0 saturated heterocycles. The molecule has 0 bridgehead atoms. The van der Waals surface area contributed by atoms with Gasteiger partial charge in [0.15, 0.2) is 0 Å². The zero-order valence-corrected chi connectivity index (χ0v) is 12.2. The third-order valence-electron chi connectivity index (χ3n) is 3.41.